The van der Waals surface area contributed by atoms with Gasteiger partial charge in [0, 0.05) is 25.4 Å². The molecule has 1 N–H and O–H groups in total. The van der Waals surface area contributed by atoms with Gasteiger partial charge in [0.05, 0.1) is 6.20 Å². The van der Waals surface area contributed by atoms with E-state index in [1.54, 1.807) is 0 Å². The maximum Gasteiger partial charge on any atom is 0.195 e. The Morgan fingerprint density at radius 3 is 2.88 bits per heavy atom. The molecule has 2 saturated carbocycles. The maximum absolute atomic E-state index is 5.74. The molecule has 88 valence electrons. The van der Waals surface area contributed by atoms with Crippen LogP contribution in [0.5, 0.6) is 0 Å². The van der Waals surface area contributed by atoms with E-state index in [2.05, 4.69) is 10.3 Å². The van der Waals surface area contributed by atoms with Gasteiger partial charge in [0.1, 0.15) is 5.76 Å². The van der Waals surface area contributed by atoms with Gasteiger partial charge in [0.15, 0.2) is 5.89 Å². The first-order chi connectivity index (χ1) is 7.90. The topological polar surface area (TPSA) is 38.1 Å². The van der Waals surface area contributed by atoms with Gasteiger partial charge in [-0.1, -0.05) is 19.3 Å². The fourth-order valence-electron chi connectivity index (χ4n) is 2.21. The van der Waals surface area contributed by atoms with E-state index < -0.39 is 0 Å². The van der Waals surface area contributed by atoms with E-state index in [1.807, 2.05) is 6.20 Å². The largest absolute Gasteiger partial charge is 0.446 e. The van der Waals surface area contributed by atoms with Crippen LogP contribution in [0.3, 0.4) is 0 Å². The van der Waals surface area contributed by atoms with Crippen molar-refractivity contribution < 1.29 is 4.42 Å². The molecule has 1 aromatic rings. The highest BCUT2D eigenvalue weighted by molar-refractivity contribution is 4.97. The highest BCUT2D eigenvalue weighted by atomic mass is 16.4. The van der Waals surface area contributed by atoms with Gasteiger partial charge in [-0.25, -0.2) is 4.98 Å². The van der Waals surface area contributed by atoms with Gasteiger partial charge in [-0.15, -0.1) is 0 Å². The highest BCUT2D eigenvalue weighted by Gasteiger charge is 2.21. The minimum absolute atomic E-state index is 0.782. The van der Waals surface area contributed by atoms with Gasteiger partial charge < -0.3 is 9.73 Å². The summed E-state index contributed by atoms with van der Waals surface area (Å²) < 4.78 is 5.74. The molecule has 0 aliphatic heterocycles. The molecule has 0 saturated heterocycles. The second-order valence-corrected chi connectivity index (χ2v) is 5.20. The third kappa shape index (κ3) is 2.64. The van der Waals surface area contributed by atoms with E-state index in [0.717, 1.165) is 43.0 Å². The molecule has 3 heteroatoms. The molecule has 1 heterocycles. The van der Waals surface area contributed by atoms with Gasteiger partial charge in [-0.3, -0.25) is 0 Å². The number of hydrogen-bond donors (Lipinski definition) is 1. The van der Waals surface area contributed by atoms with Crippen LogP contribution in [0.2, 0.25) is 0 Å². The van der Waals surface area contributed by atoms with Crippen LogP contribution in [-0.4, -0.2) is 17.6 Å². The molecule has 3 rings (SSSR count). The molecule has 0 radical (unpaired) electrons. The van der Waals surface area contributed by atoms with E-state index in [1.165, 1.54) is 32.1 Å². The van der Waals surface area contributed by atoms with Crippen molar-refractivity contribution in [1.82, 2.24) is 10.3 Å². The second kappa shape index (κ2) is 4.58. The molecular weight excluding hydrogens is 200 g/mol. The van der Waals surface area contributed by atoms with Crippen molar-refractivity contribution in [2.75, 3.05) is 6.54 Å². The second-order valence-electron chi connectivity index (χ2n) is 5.20. The van der Waals surface area contributed by atoms with E-state index in [-0.39, 0.29) is 0 Å². The summed E-state index contributed by atoms with van der Waals surface area (Å²) in [4.78, 5) is 4.34. The average molecular weight is 220 g/mol. The van der Waals surface area contributed by atoms with E-state index in [0.29, 0.717) is 0 Å². The Morgan fingerprint density at radius 1 is 1.31 bits per heavy atom. The lowest BCUT2D eigenvalue weighted by atomic mass is 9.82. The third-order valence-corrected chi connectivity index (χ3v) is 3.67. The fraction of sp³-hybridized carbons (Fsp3) is 0.769. The zero-order valence-electron chi connectivity index (χ0n) is 9.74. The SMILES string of the molecule is c1nc(CCNC2CC2)oc1CC1CCC1. The lowest BCUT2D eigenvalue weighted by Crippen LogP contribution is -2.19. The Bertz CT molecular complexity index is 339. The summed E-state index contributed by atoms with van der Waals surface area (Å²) in [7, 11) is 0. The molecule has 0 atom stereocenters. The summed E-state index contributed by atoms with van der Waals surface area (Å²) >= 11 is 0. The molecule has 0 spiro atoms. The van der Waals surface area contributed by atoms with Gasteiger partial charge in [0.25, 0.3) is 0 Å². The van der Waals surface area contributed by atoms with E-state index >= 15 is 0 Å². The zero-order valence-corrected chi connectivity index (χ0v) is 9.74. The van der Waals surface area contributed by atoms with Crippen molar-refractivity contribution in [3.63, 3.8) is 0 Å². The molecule has 2 aliphatic carbocycles. The smallest absolute Gasteiger partial charge is 0.195 e. The molecule has 0 bridgehead atoms. The van der Waals surface area contributed by atoms with Gasteiger partial charge in [0.2, 0.25) is 0 Å². The minimum Gasteiger partial charge on any atom is -0.446 e. The fourth-order valence-corrected chi connectivity index (χ4v) is 2.21. The van der Waals surface area contributed by atoms with Crippen molar-refractivity contribution in [2.45, 2.75) is 51.0 Å². The monoisotopic (exact) mass is 220 g/mol. The Morgan fingerprint density at radius 2 is 2.19 bits per heavy atom. The standard InChI is InChI=1S/C13H20N2O/c1-2-10(3-1)8-12-9-15-13(16-12)6-7-14-11-4-5-11/h9-11,14H,1-8H2. The Kier molecular flexibility index (Phi) is 2.96. The van der Waals surface area contributed by atoms with Crippen LogP contribution >= 0.6 is 0 Å². The Hall–Kier alpha value is -0.830. The van der Waals surface area contributed by atoms with E-state index in [4.69, 9.17) is 4.42 Å². The van der Waals surface area contributed by atoms with Crippen molar-refractivity contribution in [3.05, 3.63) is 17.8 Å². The summed E-state index contributed by atoms with van der Waals surface area (Å²) in [5.74, 6) is 2.86. The van der Waals surface area contributed by atoms with Crippen molar-refractivity contribution >= 4 is 0 Å². The first-order valence-electron chi connectivity index (χ1n) is 6.57. The van der Waals surface area contributed by atoms with Gasteiger partial charge >= 0.3 is 0 Å². The van der Waals surface area contributed by atoms with Crippen LogP contribution < -0.4 is 5.32 Å². The third-order valence-electron chi connectivity index (χ3n) is 3.67. The van der Waals surface area contributed by atoms with Gasteiger partial charge in [-0.2, -0.15) is 0 Å². The van der Waals surface area contributed by atoms with Crippen LogP contribution in [0.4, 0.5) is 0 Å². The van der Waals surface area contributed by atoms with Gasteiger partial charge in [-0.05, 0) is 18.8 Å². The molecular formula is C13H20N2O. The van der Waals surface area contributed by atoms with Crippen LogP contribution in [0.1, 0.15) is 43.8 Å². The van der Waals surface area contributed by atoms with Crippen LogP contribution in [0, 0.1) is 5.92 Å². The first-order valence-corrected chi connectivity index (χ1v) is 6.57. The number of hydrogen-bond acceptors (Lipinski definition) is 3. The van der Waals surface area contributed by atoms with Crippen LogP contribution in [0.25, 0.3) is 0 Å². The molecule has 1 aromatic heterocycles. The van der Waals surface area contributed by atoms with Crippen LogP contribution in [-0.2, 0) is 12.8 Å². The predicted molar refractivity (Wildman–Crippen MR) is 62.3 cm³/mol. The van der Waals surface area contributed by atoms with Crippen molar-refractivity contribution in [1.29, 1.82) is 0 Å². The molecule has 16 heavy (non-hydrogen) atoms. The van der Waals surface area contributed by atoms with Crippen molar-refractivity contribution in [2.24, 2.45) is 5.92 Å². The summed E-state index contributed by atoms with van der Waals surface area (Å²) in [5, 5.41) is 3.48. The average Bonchev–Trinajstić information content (AvgIpc) is 2.92. The number of aromatic nitrogens is 1. The molecule has 0 unspecified atom stereocenters. The van der Waals surface area contributed by atoms with Crippen LogP contribution in [0.15, 0.2) is 10.6 Å². The number of nitrogens with zero attached hydrogens (tertiary/aromatic N) is 1. The minimum atomic E-state index is 0.782. The summed E-state index contributed by atoms with van der Waals surface area (Å²) in [5.41, 5.74) is 0. The quantitative estimate of drug-likeness (QED) is 0.799. The Labute approximate surface area is 96.6 Å². The zero-order chi connectivity index (χ0) is 10.8. The van der Waals surface area contributed by atoms with E-state index in [9.17, 15) is 0 Å². The lowest BCUT2D eigenvalue weighted by Gasteiger charge is -2.23. The molecule has 2 fully saturated rings. The van der Waals surface area contributed by atoms with Crippen molar-refractivity contribution in [3.8, 4) is 0 Å². The summed E-state index contributed by atoms with van der Waals surface area (Å²) in [6.45, 7) is 1.01. The summed E-state index contributed by atoms with van der Waals surface area (Å²) in [6.07, 6.45) is 10.8. The number of oxazole rings is 1. The maximum atomic E-state index is 5.74. The predicted octanol–water partition coefficient (Wildman–Crippen LogP) is 2.31. The molecule has 0 aromatic carbocycles. The summed E-state index contributed by atoms with van der Waals surface area (Å²) in [6, 6.07) is 0.782. The molecule has 0 amide bonds. The molecule has 3 nitrogen and oxygen atoms in total. The highest BCUT2D eigenvalue weighted by Crippen LogP contribution is 2.29. The first kappa shape index (κ1) is 10.3. The molecule has 2 aliphatic rings. The number of rotatable bonds is 6. The number of nitrogens with one attached hydrogen (secondary N) is 1. The Balaban J connectivity index is 1.43. The normalized spacial score (nSPS) is 21.0. The lowest BCUT2D eigenvalue weighted by molar-refractivity contribution is 0.291.